The zero-order valence-electron chi connectivity index (χ0n) is 22.9. The van der Waals surface area contributed by atoms with Crippen molar-refractivity contribution in [2.75, 3.05) is 26.9 Å². The van der Waals surface area contributed by atoms with Crippen LogP contribution in [0.4, 0.5) is 0 Å². The molecule has 0 saturated carbocycles. The first-order valence-electron chi connectivity index (χ1n) is 11.9. The maximum absolute atomic E-state index is 12.6. The summed E-state index contributed by atoms with van der Waals surface area (Å²) in [4.78, 5) is 12.6. The number of ether oxygens (including phenoxy) is 6. The van der Waals surface area contributed by atoms with Gasteiger partial charge in [0.05, 0.1) is 25.3 Å². The van der Waals surface area contributed by atoms with Gasteiger partial charge in [-0.25, -0.2) is 4.79 Å². The quantitative estimate of drug-likeness (QED) is 0.186. The maximum atomic E-state index is 12.6. The first-order valence-corrected chi connectivity index (χ1v) is 13.3. The van der Waals surface area contributed by atoms with Crippen LogP contribution >= 0.6 is 0 Å². The SMILES string of the molecule is CCO[C@H]1O[C@H](COC(=O)c2ccccc2)[C@@H](OCc2ccc(OC)cc2)[C@H](NS(=O)(=O)O)[C@@H]1OCC.[H-].[Na+]. The molecule has 1 aliphatic rings. The van der Waals surface area contributed by atoms with Crippen LogP contribution in [0.15, 0.2) is 54.6 Å². The van der Waals surface area contributed by atoms with Gasteiger partial charge < -0.3 is 29.8 Å². The molecule has 0 bridgehead atoms. The third-order valence-corrected chi connectivity index (χ3v) is 6.19. The van der Waals surface area contributed by atoms with Gasteiger partial charge >= 0.3 is 45.8 Å². The van der Waals surface area contributed by atoms with E-state index in [0.29, 0.717) is 11.3 Å². The summed E-state index contributed by atoms with van der Waals surface area (Å²) in [7, 11) is -3.13. The van der Waals surface area contributed by atoms with E-state index in [9.17, 15) is 17.8 Å². The van der Waals surface area contributed by atoms with Crippen molar-refractivity contribution in [1.82, 2.24) is 4.72 Å². The van der Waals surface area contributed by atoms with Crippen molar-refractivity contribution in [2.24, 2.45) is 0 Å². The van der Waals surface area contributed by atoms with E-state index in [1.165, 1.54) is 0 Å². The first-order chi connectivity index (χ1) is 17.8. The van der Waals surface area contributed by atoms with E-state index >= 15 is 0 Å². The molecule has 0 amide bonds. The first kappa shape index (κ1) is 32.6. The number of rotatable bonds is 13. The molecule has 1 heterocycles. The van der Waals surface area contributed by atoms with Crippen LogP contribution in [-0.4, -0.2) is 76.5 Å². The molecule has 3 rings (SSSR count). The summed E-state index contributed by atoms with van der Waals surface area (Å²) in [6, 6.07) is 14.4. The number of carbonyl (C=O) groups excluding carboxylic acids is 1. The third-order valence-electron chi connectivity index (χ3n) is 5.62. The summed E-state index contributed by atoms with van der Waals surface area (Å²) in [5.41, 5.74) is 1.11. The Balaban J connectivity index is 0.00000380. The van der Waals surface area contributed by atoms with Crippen molar-refractivity contribution < 1.29 is 77.2 Å². The Labute approximate surface area is 246 Å². The molecule has 0 radical (unpaired) electrons. The van der Waals surface area contributed by atoms with E-state index in [4.69, 9.17) is 28.4 Å². The topological polar surface area (TPSA) is 139 Å². The Hall–Kier alpha value is -1.58. The zero-order chi connectivity index (χ0) is 26.8. The van der Waals surface area contributed by atoms with Crippen molar-refractivity contribution in [3.63, 3.8) is 0 Å². The van der Waals surface area contributed by atoms with Crippen molar-refractivity contribution in [3.05, 3.63) is 65.7 Å². The molecule has 2 aromatic rings. The minimum absolute atomic E-state index is 0. The van der Waals surface area contributed by atoms with Gasteiger partial charge in [0.25, 0.3) is 0 Å². The Morgan fingerprint density at radius 1 is 1.00 bits per heavy atom. The molecule has 206 valence electrons. The molecule has 0 aliphatic carbocycles. The zero-order valence-corrected chi connectivity index (χ0v) is 24.8. The van der Waals surface area contributed by atoms with Crippen molar-refractivity contribution in [3.8, 4) is 5.75 Å². The predicted octanol–water partition coefficient (Wildman–Crippen LogP) is -0.519. The van der Waals surface area contributed by atoms with Gasteiger partial charge in [0.15, 0.2) is 6.29 Å². The van der Waals surface area contributed by atoms with E-state index < -0.39 is 46.9 Å². The van der Waals surface area contributed by atoms with Gasteiger partial charge in [-0.1, -0.05) is 30.3 Å². The minimum Gasteiger partial charge on any atom is -1.00 e. The number of esters is 1. The van der Waals surface area contributed by atoms with Gasteiger partial charge in [-0.3, -0.25) is 4.55 Å². The average Bonchev–Trinajstić information content (AvgIpc) is 2.88. The van der Waals surface area contributed by atoms with Gasteiger partial charge in [0.1, 0.15) is 30.7 Å². The van der Waals surface area contributed by atoms with Crippen LogP contribution in [0.3, 0.4) is 0 Å². The van der Waals surface area contributed by atoms with Gasteiger partial charge in [-0.05, 0) is 43.7 Å². The Morgan fingerprint density at radius 2 is 1.66 bits per heavy atom. The maximum Gasteiger partial charge on any atom is 1.00 e. The van der Waals surface area contributed by atoms with Gasteiger partial charge in [0.2, 0.25) is 0 Å². The largest absolute Gasteiger partial charge is 1.00 e. The molecule has 2 N–H and O–H groups in total. The Kier molecular flexibility index (Phi) is 13.6. The number of carbonyl (C=O) groups is 1. The molecule has 38 heavy (non-hydrogen) atoms. The Morgan fingerprint density at radius 3 is 2.24 bits per heavy atom. The minimum atomic E-state index is -4.68. The second kappa shape index (κ2) is 15.9. The number of hydrogen-bond donors (Lipinski definition) is 2. The van der Waals surface area contributed by atoms with Crippen LogP contribution in [0.25, 0.3) is 0 Å². The summed E-state index contributed by atoms with van der Waals surface area (Å²) in [6.07, 6.45) is -3.97. The molecule has 1 saturated heterocycles. The molecular formula is C25H34NNaO10S. The van der Waals surface area contributed by atoms with Gasteiger partial charge in [0, 0.05) is 13.2 Å². The van der Waals surface area contributed by atoms with Crippen LogP contribution in [0.2, 0.25) is 0 Å². The summed E-state index contributed by atoms with van der Waals surface area (Å²) in [6.45, 7) is 3.71. The van der Waals surface area contributed by atoms with E-state index in [1.54, 1.807) is 75.6 Å². The van der Waals surface area contributed by atoms with E-state index in [2.05, 4.69) is 4.72 Å². The molecule has 0 spiro atoms. The third kappa shape index (κ3) is 9.56. The van der Waals surface area contributed by atoms with E-state index in [-0.39, 0.29) is 57.4 Å². The van der Waals surface area contributed by atoms with Crippen molar-refractivity contribution in [1.29, 1.82) is 0 Å². The van der Waals surface area contributed by atoms with Gasteiger partial charge in [-0.15, -0.1) is 0 Å². The fourth-order valence-corrected chi connectivity index (χ4v) is 4.58. The van der Waals surface area contributed by atoms with Crippen LogP contribution in [0.1, 0.15) is 31.2 Å². The second-order valence-electron chi connectivity index (χ2n) is 8.13. The van der Waals surface area contributed by atoms with Crippen molar-refractivity contribution in [2.45, 2.75) is 51.1 Å². The molecule has 13 heteroatoms. The summed E-state index contributed by atoms with van der Waals surface area (Å²) in [5, 5.41) is 0. The van der Waals surface area contributed by atoms with Crippen LogP contribution < -0.4 is 39.0 Å². The number of nitrogens with one attached hydrogen (secondary N) is 1. The fraction of sp³-hybridized carbons (Fsp3) is 0.480. The molecule has 2 aromatic carbocycles. The molecule has 11 nitrogen and oxygen atoms in total. The van der Waals surface area contributed by atoms with Crippen LogP contribution in [-0.2, 0) is 40.6 Å². The van der Waals surface area contributed by atoms with Crippen molar-refractivity contribution >= 4 is 16.3 Å². The van der Waals surface area contributed by atoms with Gasteiger partial charge in [-0.2, -0.15) is 13.1 Å². The van der Waals surface area contributed by atoms with E-state index in [0.717, 1.165) is 5.56 Å². The van der Waals surface area contributed by atoms with E-state index in [1.807, 2.05) is 0 Å². The number of hydrogen-bond acceptors (Lipinski definition) is 9. The molecule has 5 atom stereocenters. The average molecular weight is 564 g/mol. The molecule has 0 aromatic heterocycles. The summed E-state index contributed by atoms with van der Waals surface area (Å²) in [5.74, 6) is 0.0784. The summed E-state index contributed by atoms with van der Waals surface area (Å²) >= 11 is 0. The normalized spacial score (nSPS) is 23.3. The molecule has 0 unspecified atom stereocenters. The number of methoxy groups -OCH3 is 1. The smallest absolute Gasteiger partial charge is 1.00 e. The standard InChI is InChI=1S/C25H33NO10S.Na.H/c1-4-32-23-21(26-37(28,29)30)22(34-15-17-11-13-19(31-3)14-12-17)20(36-25(23)33-5-2)16-35-24(27)18-9-7-6-8-10-18;;/h6-14,20-23,25-26H,4-5,15-16H2,1-3H3,(H,28,29,30);;/q;+1;-1/t20-,21+,22-,23+,25+;;/m1../s1. The fourth-order valence-electron chi connectivity index (χ4n) is 3.97. The van der Waals surface area contributed by atoms with Crippen LogP contribution in [0.5, 0.6) is 5.75 Å². The summed E-state index contributed by atoms with van der Waals surface area (Å²) < 4.78 is 70.0. The second-order valence-corrected chi connectivity index (χ2v) is 9.31. The molecular weight excluding hydrogens is 529 g/mol. The predicted molar refractivity (Wildman–Crippen MR) is 134 cm³/mol. The molecule has 1 aliphatic heterocycles. The van der Waals surface area contributed by atoms with Crippen LogP contribution in [0, 0.1) is 0 Å². The molecule has 1 fully saturated rings. The number of benzene rings is 2. The Bertz CT molecular complexity index is 1090. The monoisotopic (exact) mass is 563 g/mol.